The van der Waals surface area contributed by atoms with Crippen LogP contribution in [0.3, 0.4) is 0 Å². The summed E-state index contributed by atoms with van der Waals surface area (Å²) in [6.45, 7) is 0.360. The van der Waals surface area contributed by atoms with E-state index in [0.717, 1.165) is 16.9 Å². The van der Waals surface area contributed by atoms with Gasteiger partial charge in [0.25, 0.3) is 0 Å². The van der Waals surface area contributed by atoms with Gasteiger partial charge >= 0.3 is 5.97 Å². The van der Waals surface area contributed by atoms with Crippen molar-refractivity contribution in [3.63, 3.8) is 0 Å². The smallest absolute Gasteiger partial charge is 0.337 e. The van der Waals surface area contributed by atoms with Crippen molar-refractivity contribution >= 4 is 17.8 Å². The van der Waals surface area contributed by atoms with Crippen LogP contribution in [0.1, 0.15) is 31.8 Å². The number of allylic oxidation sites excluding steroid dienone is 1. The number of benzene rings is 3. The molecule has 3 aromatic carbocycles. The number of fused-ring (bicyclic) bond motifs is 1. The molecule has 0 radical (unpaired) electrons. The van der Waals surface area contributed by atoms with Gasteiger partial charge in [0, 0.05) is 6.07 Å². The minimum atomic E-state index is -0.415. The summed E-state index contributed by atoms with van der Waals surface area (Å²) < 4.78 is 21.5. The number of carbonyl (C=O) groups is 2. The molecule has 0 saturated heterocycles. The lowest BCUT2D eigenvalue weighted by Crippen LogP contribution is -2.01. The van der Waals surface area contributed by atoms with Gasteiger partial charge in [-0.15, -0.1) is 0 Å². The van der Waals surface area contributed by atoms with Crippen LogP contribution in [0.4, 0.5) is 0 Å². The summed E-state index contributed by atoms with van der Waals surface area (Å²) in [4.78, 5) is 24.2. The van der Waals surface area contributed by atoms with Crippen LogP contribution in [0.25, 0.3) is 6.08 Å². The van der Waals surface area contributed by atoms with E-state index in [1.807, 2.05) is 24.3 Å². The summed E-state index contributed by atoms with van der Waals surface area (Å²) in [6.07, 6.45) is 1.64. The first-order valence-corrected chi connectivity index (χ1v) is 9.60. The summed E-state index contributed by atoms with van der Waals surface area (Å²) in [5.74, 6) is 1.40. The fraction of sp³-hybridized carbons (Fsp3) is 0.120. The third kappa shape index (κ3) is 4.43. The molecule has 156 valence electrons. The van der Waals surface area contributed by atoms with Gasteiger partial charge in [-0.1, -0.05) is 24.3 Å². The van der Waals surface area contributed by atoms with Crippen LogP contribution in [-0.4, -0.2) is 26.0 Å². The SMILES string of the molecule is COC(=O)c1ccc(C=C2Oc3cc(OCc4cccc(OC)c4)ccc3C2=O)cc1. The number of carbonyl (C=O) groups excluding carboxylic acids is 2. The van der Waals surface area contributed by atoms with Crippen LogP contribution in [0.5, 0.6) is 17.2 Å². The minimum Gasteiger partial charge on any atom is -0.497 e. The first kappa shape index (κ1) is 20.2. The van der Waals surface area contributed by atoms with E-state index in [9.17, 15) is 9.59 Å². The topological polar surface area (TPSA) is 71.1 Å². The van der Waals surface area contributed by atoms with E-state index in [-0.39, 0.29) is 11.5 Å². The Bertz CT molecular complexity index is 1160. The van der Waals surface area contributed by atoms with Crippen LogP contribution in [0.15, 0.2) is 72.5 Å². The molecule has 0 bridgehead atoms. The Morgan fingerprint density at radius 3 is 2.52 bits per heavy atom. The molecule has 0 N–H and O–H groups in total. The Kier molecular flexibility index (Phi) is 5.71. The van der Waals surface area contributed by atoms with E-state index in [1.54, 1.807) is 55.7 Å². The summed E-state index contributed by atoms with van der Waals surface area (Å²) in [7, 11) is 2.95. The zero-order valence-corrected chi connectivity index (χ0v) is 17.1. The van der Waals surface area contributed by atoms with Gasteiger partial charge in [-0.3, -0.25) is 4.79 Å². The maximum absolute atomic E-state index is 12.7. The van der Waals surface area contributed by atoms with E-state index >= 15 is 0 Å². The lowest BCUT2D eigenvalue weighted by molar-refractivity contribution is 0.0600. The van der Waals surface area contributed by atoms with Gasteiger partial charge in [0.05, 0.1) is 25.3 Å². The van der Waals surface area contributed by atoms with Crippen molar-refractivity contribution in [3.8, 4) is 17.2 Å². The summed E-state index contributed by atoms with van der Waals surface area (Å²) in [6, 6.07) is 19.5. The fourth-order valence-electron chi connectivity index (χ4n) is 3.17. The molecule has 1 aliphatic rings. The summed E-state index contributed by atoms with van der Waals surface area (Å²) >= 11 is 0. The number of ether oxygens (including phenoxy) is 4. The molecule has 4 rings (SSSR count). The van der Waals surface area contributed by atoms with Gasteiger partial charge in [0.2, 0.25) is 5.78 Å². The second-order valence-electron chi connectivity index (χ2n) is 6.85. The van der Waals surface area contributed by atoms with Gasteiger partial charge in [-0.2, -0.15) is 0 Å². The Balaban J connectivity index is 1.47. The van der Waals surface area contributed by atoms with Crippen molar-refractivity contribution < 1.29 is 28.5 Å². The highest BCUT2D eigenvalue weighted by atomic mass is 16.5. The first-order valence-electron chi connectivity index (χ1n) is 9.60. The van der Waals surface area contributed by atoms with Crippen LogP contribution < -0.4 is 14.2 Å². The van der Waals surface area contributed by atoms with Crippen molar-refractivity contribution in [2.24, 2.45) is 0 Å². The number of hydrogen-bond acceptors (Lipinski definition) is 6. The van der Waals surface area contributed by atoms with Crippen molar-refractivity contribution in [2.45, 2.75) is 6.61 Å². The standard InChI is InChI=1S/C25H20O6/c1-28-19-5-3-4-17(12-19)15-30-20-10-11-21-22(14-20)31-23(24(21)26)13-16-6-8-18(9-7-16)25(27)29-2/h3-14H,15H2,1-2H3. The van der Waals surface area contributed by atoms with E-state index in [2.05, 4.69) is 4.74 Å². The molecule has 31 heavy (non-hydrogen) atoms. The number of ketones is 1. The molecule has 0 saturated carbocycles. The second-order valence-corrected chi connectivity index (χ2v) is 6.85. The molecule has 0 fully saturated rings. The third-order valence-corrected chi connectivity index (χ3v) is 4.81. The Hall–Kier alpha value is -4.06. The van der Waals surface area contributed by atoms with Gasteiger partial charge < -0.3 is 18.9 Å². The molecule has 0 amide bonds. The van der Waals surface area contributed by atoms with E-state index in [0.29, 0.717) is 29.2 Å². The normalized spacial score (nSPS) is 13.5. The lowest BCUT2D eigenvalue weighted by Gasteiger charge is -2.08. The highest BCUT2D eigenvalue weighted by molar-refractivity contribution is 6.14. The Morgan fingerprint density at radius 2 is 1.77 bits per heavy atom. The van der Waals surface area contributed by atoms with Gasteiger partial charge in [0.15, 0.2) is 5.76 Å². The van der Waals surface area contributed by atoms with Crippen LogP contribution >= 0.6 is 0 Å². The molecule has 3 aromatic rings. The van der Waals surface area contributed by atoms with Crippen molar-refractivity contribution in [3.05, 3.63) is 94.7 Å². The predicted molar refractivity (Wildman–Crippen MR) is 114 cm³/mol. The lowest BCUT2D eigenvalue weighted by atomic mass is 10.1. The monoisotopic (exact) mass is 416 g/mol. The number of Topliss-reactive ketones (excluding diaryl/α,β-unsaturated/α-hetero) is 1. The molecule has 0 atom stereocenters. The zero-order valence-electron chi connectivity index (χ0n) is 17.1. The molecular formula is C25H20O6. The van der Waals surface area contributed by atoms with Gasteiger partial charge in [0.1, 0.15) is 23.9 Å². The quantitative estimate of drug-likeness (QED) is 0.429. The minimum absolute atomic E-state index is 0.202. The molecule has 0 aromatic heterocycles. The van der Waals surface area contributed by atoms with Crippen molar-refractivity contribution in [1.29, 1.82) is 0 Å². The highest BCUT2D eigenvalue weighted by Gasteiger charge is 2.27. The van der Waals surface area contributed by atoms with Crippen LogP contribution in [0.2, 0.25) is 0 Å². The molecule has 1 aliphatic heterocycles. The summed E-state index contributed by atoms with van der Waals surface area (Å²) in [5, 5.41) is 0. The molecular weight excluding hydrogens is 396 g/mol. The number of methoxy groups -OCH3 is 2. The molecule has 6 heteroatoms. The molecule has 0 spiro atoms. The Morgan fingerprint density at radius 1 is 0.968 bits per heavy atom. The van der Waals surface area contributed by atoms with Crippen LogP contribution in [-0.2, 0) is 11.3 Å². The van der Waals surface area contributed by atoms with Crippen molar-refractivity contribution in [1.82, 2.24) is 0 Å². The zero-order chi connectivity index (χ0) is 21.8. The highest BCUT2D eigenvalue weighted by Crippen LogP contribution is 2.35. The molecule has 0 unspecified atom stereocenters. The van der Waals surface area contributed by atoms with E-state index in [4.69, 9.17) is 14.2 Å². The van der Waals surface area contributed by atoms with Crippen molar-refractivity contribution in [2.75, 3.05) is 14.2 Å². The summed E-state index contributed by atoms with van der Waals surface area (Å²) in [5.41, 5.74) is 2.61. The van der Waals surface area contributed by atoms with E-state index in [1.165, 1.54) is 7.11 Å². The molecule has 6 nitrogen and oxygen atoms in total. The average molecular weight is 416 g/mol. The largest absolute Gasteiger partial charge is 0.497 e. The maximum atomic E-state index is 12.7. The first-order chi connectivity index (χ1) is 15.1. The fourth-order valence-corrected chi connectivity index (χ4v) is 3.17. The third-order valence-electron chi connectivity index (χ3n) is 4.81. The van der Waals surface area contributed by atoms with E-state index < -0.39 is 5.97 Å². The number of rotatable bonds is 6. The second kappa shape index (κ2) is 8.75. The maximum Gasteiger partial charge on any atom is 0.337 e. The molecule has 1 heterocycles. The van der Waals surface area contributed by atoms with Gasteiger partial charge in [-0.05, 0) is 53.6 Å². The number of esters is 1. The predicted octanol–water partition coefficient (Wildman–Crippen LogP) is 4.68. The molecule has 0 aliphatic carbocycles. The van der Waals surface area contributed by atoms with Gasteiger partial charge in [-0.25, -0.2) is 4.79 Å². The number of hydrogen-bond donors (Lipinski definition) is 0. The Labute approximate surface area is 179 Å². The average Bonchev–Trinajstić information content (AvgIpc) is 3.12. The van der Waals surface area contributed by atoms with Crippen LogP contribution in [0, 0.1) is 0 Å².